The van der Waals surface area contributed by atoms with Crippen molar-refractivity contribution >= 4 is 5.91 Å². The summed E-state index contributed by atoms with van der Waals surface area (Å²) in [6, 6.07) is 20.5. The molecule has 4 rings (SSSR count). The Morgan fingerprint density at radius 3 is 2.09 bits per heavy atom. The van der Waals surface area contributed by atoms with E-state index in [1.165, 1.54) is 16.7 Å². The second-order valence-corrected chi connectivity index (χ2v) is 8.35. The zero-order chi connectivity index (χ0) is 23.1. The second kappa shape index (κ2) is 10.3. The maximum Gasteiger partial charge on any atom is 0.243 e. The van der Waals surface area contributed by atoms with E-state index in [9.17, 15) is 4.79 Å². The SMILES string of the molecule is COc1ccc(C2(c3ccc(OC)cc3)C[C@H]2/C=C/C(=O)NCCCc2ccncc2)cc1. The van der Waals surface area contributed by atoms with E-state index in [4.69, 9.17) is 9.47 Å². The first-order chi connectivity index (χ1) is 16.2. The fourth-order valence-electron chi connectivity index (χ4n) is 4.44. The molecule has 1 fully saturated rings. The Balaban J connectivity index is 1.41. The van der Waals surface area contributed by atoms with Gasteiger partial charge in [0.2, 0.25) is 5.91 Å². The van der Waals surface area contributed by atoms with Crippen LogP contribution < -0.4 is 14.8 Å². The van der Waals surface area contributed by atoms with E-state index < -0.39 is 0 Å². The van der Waals surface area contributed by atoms with Gasteiger partial charge in [-0.1, -0.05) is 30.3 Å². The van der Waals surface area contributed by atoms with Crippen LogP contribution in [0.1, 0.15) is 29.5 Å². The smallest absolute Gasteiger partial charge is 0.243 e. The molecular weight excluding hydrogens is 412 g/mol. The van der Waals surface area contributed by atoms with Gasteiger partial charge in [0.25, 0.3) is 0 Å². The van der Waals surface area contributed by atoms with Crippen molar-refractivity contribution in [3.63, 3.8) is 0 Å². The van der Waals surface area contributed by atoms with E-state index in [2.05, 4.69) is 34.6 Å². The lowest BCUT2D eigenvalue weighted by Gasteiger charge is -2.19. The summed E-state index contributed by atoms with van der Waals surface area (Å²) < 4.78 is 10.7. The first-order valence-corrected chi connectivity index (χ1v) is 11.3. The Labute approximate surface area is 195 Å². The summed E-state index contributed by atoms with van der Waals surface area (Å²) in [5, 5.41) is 3.00. The Bertz CT molecular complexity index is 1030. The van der Waals surface area contributed by atoms with E-state index in [1.807, 2.05) is 42.5 Å². The minimum Gasteiger partial charge on any atom is -0.497 e. The molecular formula is C28H30N2O3. The first-order valence-electron chi connectivity index (χ1n) is 11.3. The molecule has 5 heteroatoms. The number of nitrogens with zero attached hydrogens (tertiary/aromatic N) is 1. The zero-order valence-corrected chi connectivity index (χ0v) is 19.2. The normalized spacial score (nSPS) is 16.4. The molecule has 1 N–H and O–H groups in total. The minimum atomic E-state index is -0.142. The maximum absolute atomic E-state index is 12.4. The molecule has 5 nitrogen and oxygen atoms in total. The number of carbonyl (C=O) groups excluding carboxylic acids is 1. The number of carbonyl (C=O) groups is 1. The van der Waals surface area contributed by atoms with Gasteiger partial charge in [0.1, 0.15) is 11.5 Å². The standard InChI is InChI=1S/C28H30N2O3/c1-32-25-10-5-22(6-11-25)28(23-7-12-26(33-2)13-8-23)20-24(28)9-14-27(31)30-17-3-4-21-15-18-29-19-16-21/h5-16,18-19,24H,3-4,17,20H2,1-2H3,(H,30,31)/b14-9+/t24-/m1/s1. The van der Waals surface area contributed by atoms with Crippen LogP contribution in [-0.2, 0) is 16.6 Å². The topological polar surface area (TPSA) is 60.5 Å². The number of methoxy groups -OCH3 is 2. The molecule has 170 valence electrons. The fourth-order valence-corrected chi connectivity index (χ4v) is 4.44. The van der Waals surface area contributed by atoms with Crippen molar-refractivity contribution in [2.75, 3.05) is 20.8 Å². The van der Waals surface area contributed by atoms with E-state index >= 15 is 0 Å². The summed E-state index contributed by atoms with van der Waals surface area (Å²) in [6.07, 6.45) is 10.1. The molecule has 33 heavy (non-hydrogen) atoms. The lowest BCUT2D eigenvalue weighted by Crippen LogP contribution is -2.22. The number of amides is 1. The van der Waals surface area contributed by atoms with Crippen LogP contribution in [0.25, 0.3) is 0 Å². The van der Waals surface area contributed by atoms with Crippen molar-refractivity contribution < 1.29 is 14.3 Å². The molecule has 0 bridgehead atoms. The van der Waals surface area contributed by atoms with Crippen LogP contribution >= 0.6 is 0 Å². The maximum atomic E-state index is 12.4. The minimum absolute atomic E-state index is 0.0463. The molecule has 1 aliphatic rings. The summed E-state index contributed by atoms with van der Waals surface area (Å²) in [4.78, 5) is 16.4. The Morgan fingerprint density at radius 1 is 0.970 bits per heavy atom. The van der Waals surface area contributed by atoms with Gasteiger partial charge in [0.05, 0.1) is 14.2 Å². The van der Waals surface area contributed by atoms with Crippen molar-refractivity contribution in [3.05, 3.63) is 102 Å². The lowest BCUT2D eigenvalue weighted by atomic mass is 9.85. The number of aromatic nitrogens is 1. The quantitative estimate of drug-likeness (QED) is 0.365. The summed E-state index contributed by atoms with van der Waals surface area (Å²) >= 11 is 0. The van der Waals surface area contributed by atoms with E-state index in [0.29, 0.717) is 6.54 Å². The van der Waals surface area contributed by atoms with Gasteiger partial charge in [-0.25, -0.2) is 0 Å². The highest BCUT2D eigenvalue weighted by Gasteiger charge is 2.55. The van der Waals surface area contributed by atoms with Crippen molar-refractivity contribution in [1.29, 1.82) is 0 Å². The summed E-state index contributed by atoms with van der Waals surface area (Å²) in [5.41, 5.74) is 3.54. The number of hydrogen-bond acceptors (Lipinski definition) is 4. The fraction of sp³-hybridized carbons (Fsp3) is 0.286. The van der Waals surface area contributed by atoms with Crippen LogP contribution in [0.15, 0.2) is 85.2 Å². The molecule has 1 aromatic heterocycles. The molecule has 2 aromatic carbocycles. The molecule has 0 unspecified atom stereocenters. The molecule has 1 amide bonds. The number of rotatable bonds is 10. The van der Waals surface area contributed by atoms with Gasteiger partial charge >= 0.3 is 0 Å². The summed E-state index contributed by atoms with van der Waals surface area (Å²) in [5.74, 6) is 1.88. The molecule has 0 radical (unpaired) electrons. The molecule has 1 saturated carbocycles. The number of nitrogens with one attached hydrogen (secondary N) is 1. The number of ether oxygens (including phenoxy) is 2. The van der Waals surface area contributed by atoms with Crippen molar-refractivity contribution in [2.45, 2.75) is 24.7 Å². The van der Waals surface area contributed by atoms with Crippen LogP contribution in [0.2, 0.25) is 0 Å². The van der Waals surface area contributed by atoms with E-state index in [0.717, 1.165) is 30.8 Å². The second-order valence-electron chi connectivity index (χ2n) is 8.35. The predicted molar refractivity (Wildman–Crippen MR) is 130 cm³/mol. The van der Waals surface area contributed by atoms with Crippen LogP contribution in [0, 0.1) is 5.92 Å². The van der Waals surface area contributed by atoms with Gasteiger partial charge < -0.3 is 14.8 Å². The number of benzene rings is 2. The van der Waals surface area contributed by atoms with Crippen molar-refractivity contribution in [1.82, 2.24) is 10.3 Å². The average molecular weight is 443 g/mol. The molecule has 1 heterocycles. The van der Waals surface area contributed by atoms with E-state index in [-0.39, 0.29) is 17.2 Å². The lowest BCUT2D eigenvalue weighted by molar-refractivity contribution is -0.116. The van der Waals surface area contributed by atoms with Crippen LogP contribution in [0.3, 0.4) is 0 Å². The van der Waals surface area contributed by atoms with Gasteiger partial charge in [0, 0.05) is 24.4 Å². The van der Waals surface area contributed by atoms with Crippen molar-refractivity contribution in [2.24, 2.45) is 5.92 Å². The van der Waals surface area contributed by atoms with Gasteiger partial charge in [-0.05, 0) is 84.3 Å². The summed E-state index contributed by atoms with van der Waals surface area (Å²) in [7, 11) is 3.35. The van der Waals surface area contributed by atoms with Crippen LogP contribution in [0.4, 0.5) is 0 Å². The van der Waals surface area contributed by atoms with Crippen molar-refractivity contribution in [3.8, 4) is 11.5 Å². The highest BCUT2D eigenvalue weighted by atomic mass is 16.5. The molecule has 1 atom stereocenters. The number of hydrogen-bond donors (Lipinski definition) is 1. The summed E-state index contributed by atoms with van der Waals surface area (Å²) in [6.45, 7) is 0.651. The Hall–Kier alpha value is -3.60. The van der Waals surface area contributed by atoms with Crippen LogP contribution in [0.5, 0.6) is 11.5 Å². The average Bonchev–Trinajstić information content (AvgIpc) is 3.61. The monoisotopic (exact) mass is 442 g/mol. The highest BCUT2D eigenvalue weighted by molar-refractivity contribution is 5.87. The molecule has 0 spiro atoms. The molecule has 0 saturated heterocycles. The first kappa shape index (κ1) is 22.6. The largest absolute Gasteiger partial charge is 0.497 e. The third kappa shape index (κ3) is 5.25. The molecule has 0 aliphatic heterocycles. The Morgan fingerprint density at radius 2 is 1.55 bits per heavy atom. The molecule has 3 aromatic rings. The van der Waals surface area contributed by atoms with Gasteiger partial charge in [0.15, 0.2) is 0 Å². The zero-order valence-electron chi connectivity index (χ0n) is 19.2. The number of pyridine rings is 1. The van der Waals surface area contributed by atoms with E-state index in [1.54, 1.807) is 32.7 Å². The predicted octanol–water partition coefficient (Wildman–Crippen LogP) is 4.71. The molecule has 1 aliphatic carbocycles. The number of allylic oxidation sites excluding steroid dienone is 1. The van der Waals surface area contributed by atoms with Gasteiger partial charge in [-0.3, -0.25) is 9.78 Å². The van der Waals surface area contributed by atoms with Gasteiger partial charge in [-0.2, -0.15) is 0 Å². The Kier molecular flexibility index (Phi) is 7.08. The number of aryl methyl sites for hydroxylation is 1. The third-order valence-corrected chi connectivity index (χ3v) is 6.40. The van der Waals surface area contributed by atoms with Gasteiger partial charge in [-0.15, -0.1) is 0 Å². The third-order valence-electron chi connectivity index (χ3n) is 6.40. The van der Waals surface area contributed by atoms with Crippen LogP contribution in [-0.4, -0.2) is 31.7 Å². The highest BCUT2D eigenvalue weighted by Crippen LogP contribution is 2.59.